The Morgan fingerprint density at radius 3 is 2.48 bits per heavy atom. The summed E-state index contributed by atoms with van der Waals surface area (Å²) in [5.74, 6) is -0.612. The van der Waals surface area contributed by atoms with Crippen molar-refractivity contribution in [3.05, 3.63) is 45.0 Å². The Bertz CT molecular complexity index is 691. The van der Waals surface area contributed by atoms with E-state index < -0.39 is 23.0 Å². The molecule has 0 amide bonds. The first-order valence-electron chi connectivity index (χ1n) is 5.51. The van der Waals surface area contributed by atoms with E-state index in [9.17, 15) is 17.6 Å². The van der Waals surface area contributed by atoms with Crippen molar-refractivity contribution in [2.45, 2.75) is 13.1 Å². The molecule has 0 saturated carbocycles. The minimum absolute atomic E-state index is 0.135. The molecule has 1 heterocycles. The van der Waals surface area contributed by atoms with Gasteiger partial charge in [0.2, 0.25) is 5.28 Å². The van der Waals surface area contributed by atoms with Gasteiger partial charge in [-0.3, -0.25) is 0 Å². The lowest BCUT2D eigenvalue weighted by Gasteiger charge is -2.12. The Kier molecular flexibility index (Phi) is 4.38. The molecule has 0 fully saturated rings. The van der Waals surface area contributed by atoms with E-state index in [1.807, 2.05) is 0 Å². The van der Waals surface area contributed by atoms with Gasteiger partial charge in [0.15, 0.2) is 5.69 Å². The van der Waals surface area contributed by atoms with Gasteiger partial charge >= 0.3 is 6.18 Å². The molecule has 0 aliphatic heterocycles. The number of hydrogen-bond donors (Lipinski definition) is 1. The summed E-state index contributed by atoms with van der Waals surface area (Å²) in [4.78, 5) is 6.79. The monoisotopic (exact) mass is 383 g/mol. The summed E-state index contributed by atoms with van der Waals surface area (Å²) in [5.41, 5.74) is -0.269. The van der Waals surface area contributed by atoms with Gasteiger partial charge in [0.05, 0.1) is 4.47 Å². The fourth-order valence-corrected chi connectivity index (χ4v) is 2.07. The minimum Gasteiger partial charge on any atom is -0.340 e. The van der Waals surface area contributed by atoms with Crippen LogP contribution in [0.2, 0.25) is 5.28 Å². The fourth-order valence-electron chi connectivity index (χ4n) is 1.55. The average Bonchev–Trinajstić information content (AvgIpc) is 2.34. The lowest BCUT2D eigenvalue weighted by Crippen LogP contribution is -2.10. The highest BCUT2D eigenvalue weighted by Crippen LogP contribution is 2.31. The van der Waals surface area contributed by atoms with E-state index in [1.54, 1.807) is 6.92 Å². The SMILES string of the molecule is Cc1cc(F)c(Br)cc1Nc1cc(C(F)(F)F)nc(Cl)n1. The molecule has 2 aromatic rings. The quantitative estimate of drug-likeness (QED) is 0.578. The van der Waals surface area contributed by atoms with E-state index in [0.717, 1.165) is 6.07 Å². The zero-order valence-electron chi connectivity index (χ0n) is 10.4. The Balaban J connectivity index is 2.40. The number of aromatic nitrogens is 2. The molecular formula is C12H7BrClF4N3. The summed E-state index contributed by atoms with van der Waals surface area (Å²) in [6.45, 7) is 1.60. The van der Waals surface area contributed by atoms with Crippen molar-refractivity contribution < 1.29 is 17.6 Å². The van der Waals surface area contributed by atoms with Crippen molar-refractivity contribution in [3.8, 4) is 0 Å². The predicted molar refractivity (Wildman–Crippen MR) is 74.2 cm³/mol. The number of anilines is 2. The molecule has 0 unspecified atom stereocenters. The summed E-state index contributed by atoms with van der Waals surface area (Å²) in [7, 11) is 0. The number of halogens is 6. The van der Waals surface area contributed by atoms with Crippen molar-refractivity contribution in [2.75, 3.05) is 5.32 Å². The van der Waals surface area contributed by atoms with E-state index in [-0.39, 0.29) is 10.3 Å². The summed E-state index contributed by atoms with van der Waals surface area (Å²) in [5, 5.41) is 2.13. The Labute approximate surface area is 130 Å². The van der Waals surface area contributed by atoms with Crippen LogP contribution < -0.4 is 5.32 Å². The van der Waals surface area contributed by atoms with Crippen molar-refractivity contribution >= 4 is 39.0 Å². The van der Waals surface area contributed by atoms with Gasteiger partial charge in [-0.2, -0.15) is 13.2 Å². The van der Waals surface area contributed by atoms with Gasteiger partial charge in [-0.25, -0.2) is 14.4 Å². The minimum atomic E-state index is -4.64. The summed E-state index contributed by atoms with van der Waals surface area (Å²) >= 11 is 8.49. The molecule has 1 N–H and O–H groups in total. The van der Waals surface area contributed by atoms with E-state index in [4.69, 9.17) is 11.6 Å². The molecule has 1 aromatic carbocycles. The van der Waals surface area contributed by atoms with E-state index in [2.05, 4.69) is 31.2 Å². The van der Waals surface area contributed by atoms with Gasteiger partial charge in [0.25, 0.3) is 0 Å². The molecular weight excluding hydrogens is 378 g/mol. The smallest absolute Gasteiger partial charge is 0.340 e. The molecule has 2 rings (SSSR count). The number of rotatable bonds is 2. The normalized spacial score (nSPS) is 11.6. The van der Waals surface area contributed by atoms with Crippen LogP contribution in [0.15, 0.2) is 22.7 Å². The second-order valence-electron chi connectivity index (χ2n) is 4.11. The first kappa shape index (κ1) is 16.0. The number of aryl methyl sites for hydroxylation is 1. The third kappa shape index (κ3) is 3.82. The zero-order valence-corrected chi connectivity index (χ0v) is 12.7. The van der Waals surface area contributed by atoms with Crippen LogP contribution >= 0.6 is 27.5 Å². The first-order valence-corrected chi connectivity index (χ1v) is 6.68. The molecule has 112 valence electrons. The topological polar surface area (TPSA) is 37.8 Å². The average molecular weight is 385 g/mol. The van der Waals surface area contributed by atoms with Crippen LogP contribution in [0, 0.1) is 12.7 Å². The Morgan fingerprint density at radius 1 is 1.19 bits per heavy atom. The Morgan fingerprint density at radius 2 is 1.86 bits per heavy atom. The van der Waals surface area contributed by atoms with Crippen molar-refractivity contribution in [3.63, 3.8) is 0 Å². The van der Waals surface area contributed by atoms with Gasteiger partial charge in [0.1, 0.15) is 11.6 Å². The summed E-state index contributed by atoms with van der Waals surface area (Å²) in [6.07, 6.45) is -4.64. The molecule has 0 bridgehead atoms. The first-order chi connectivity index (χ1) is 9.66. The molecule has 1 aromatic heterocycles. The standard InChI is InChI=1S/C12H7BrClF4N3/c1-5-2-7(15)6(13)3-8(5)19-10-4-9(12(16,17)18)20-11(14)21-10/h2-4H,1H3,(H,19,20,21). The van der Waals surface area contributed by atoms with Gasteiger partial charge in [-0.1, -0.05) is 0 Å². The molecule has 0 radical (unpaired) electrons. The van der Waals surface area contributed by atoms with Gasteiger partial charge in [-0.15, -0.1) is 0 Å². The molecule has 0 spiro atoms. The molecule has 21 heavy (non-hydrogen) atoms. The van der Waals surface area contributed by atoms with Crippen LogP contribution in [-0.4, -0.2) is 9.97 Å². The van der Waals surface area contributed by atoms with Crippen LogP contribution in [0.25, 0.3) is 0 Å². The van der Waals surface area contributed by atoms with E-state index >= 15 is 0 Å². The molecule has 3 nitrogen and oxygen atoms in total. The summed E-state index contributed by atoms with van der Waals surface area (Å²) in [6, 6.07) is 3.36. The number of hydrogen-bond acceptors (Lipinski definition) is 3. The lowest BCUT2D eigenvalue weighted by atomic mass is 10.2. The van der Waals surface area contributed by atoms with Crippen LogP contribution in [0.5, 0.6) is 0 Å². The number of nitrogens with zero attached hydrogens (tertiary/aromatic N) is 2. The van der Waals surface area contributed by atoms with Gasteiger partial charge in [-0.05, 0) is 52.2 Å². The van der Waals surface area contributed by atoms with Crippen LogP contribution in [0.4, 0.5) is 29.1 Å². The van der Waals surface area contributed by atoms with Gasteiger partial charge in [0, 0.05) is 11.8 Å². The third-order valence-electron chi connectivity index (χ3n) is 2.52. The largest absolute Gasteiger partial charge is 0.433 e. The molecule has 0 saturated heterocycles. The Hall–Kier alpha value is -1.41. The van der Waals surface area contributed by atoms with Crippen LogP contribution in [0.1, 0.15) is 11.3 Å². The predicted octanol–water partition coefficient (Wildman–Crippen LogP) is 5.10. The van der Waals surface area contributed by atoms with Crippen molar-refractivity contribution in [1.82, 2.24) is 9.97 Å². The highest BCUT2D eigenvalue weighted by Gasteiger charge is 2.33. The second-order valence-corrected chi connectivity index (χ2v) is 5.30. The van der Waals surface area contributed by atoms with Crippen molar-refractivity contribution in [1.29, 1.82) is 0 Å². The fraction of sp³-hybridized carbons (Fsp3) is 0.167. The number of benzene rings is 1. The molecule has 9 heteroatoms. The highest BCUT2D eigenvalue weighted by atomic mass is 79.9. The maximum Gasteiger partial charge on any atom is 0.433 e. The van der Waals surface area contributed by atoms with Crippen molar-refractivity contribution in [2.24, 2.45) is 0 Å². The lowest BCUT2D eigenvalue weighted by molar-refractivity contribution is -0.141. The third-order valence-corrected chi connectivity index (χ3v) is 3.30. The van der Waals surface area contributed by atoms with E-state index in [1.165, 1.54) is 12.1 Å². The van der Waals surface area contributed by atoms with Crippen LogP contribution in [-0.2, 0) is 6.18 Å². The zero-order chi connectivity index (χ0) is 15.8. The number of alkyl halides is 3. The maximum atomic E-state index is 13.3. The van der Waals surface area contributed by atoms with Gasteiger partial charge < -0.3 is 5.32 Å². The molecule has 0 atom stereocenters. The maximum absolute atomic E-state index is 13.3. The molecule has 0 aliphatic carbocycles. The summed E-state index contributed by atoms with van der Waals surface area (Å²) < 4.78 is 51.4. The molecule has 0 aliphatic rings. The highest BCUT2D eigenvalue weighted by molar-refractivity contribution is 9.10. The van der Waals surface area contributed by atoms with E-state index in [0.29, 0.717) is 11.3 Å². The number of nitrogens with one attached hydrogen (secondary N) is 1. The second kappa shape index (κ2) is 5.76. The van der Waals surface area contributed by atoms with Crippen LogP contribution in [0.3, 0.4) is 0 Å².